The fraction of sp³-hybridized carbons (Fsp3) is 0.368. The van der Waals surface area contributed by atoms with Crippen LogP contribution in [0.15, 0.2) is 24.3 Å². The van der Waals surface area contributed by atoms with E-state index in [4.69, 9.17) is 46.4 Å². The minimum atomic E-state index is -0.315. The molecule has 4 rings (SSSR count). The van der Waals surface area contributed by atoms with Crippen LogP contribution in [0, 0.1) is 11.8 Å². The molecule has 2 aliphatic carbocycles. The first-order chi connectivity index (χ1) is 11.8. The summed E-state index contributed by atoms with van der Waals surface area (Å²) in [6, 6.07) is 7.16. The van der Waals surface area contributed by atoms with Gasteiger partial charge in [0.25, 0.3) is 0 Å². The number of phenols is 2. The Morgan fingerprint density at radius 1 is 0.760 bits per heavy atom. The number of aromatic hydroxyl groups is 2. The lowest BCUT2D eigenvalue weighted by Gasteiger charge is -2.39. The van der Waals surface area contributed by atoms with Crippen molar-refractivity contribution in [2.75, 3.05) is 0 Å². The molecular weight excluding hydrogens is 402 g/mol. The van der Waals surface area contributed by atoms with E-state index >= 15 is 0 Å². The normalized spacial score (nSPS) is 24.0. The highest BCUT2D eigenvalue weighted by Crippen LogP contribution is 2.61. The van der Waals surface area contributed by atoms with E-state index in [-0.39, 0.29) is 37.0 Å². The summed E-state index contributed by atoms with van der Waals surface area (Å²) in [5.74, 6) is 0.841. The Labute approximate surface area is 166 Å². The van der Waals surface area contributed by atoms with Crippen LogP contribution in [0.25, 0.3) is 0 Å². The molecule has 2 aromatic rings. The van der Waals surface area contributed by atoms with Gasteiger partial charge in [-0.2, -0.15) is 0 Å². The summed E-state index contributed by atoms with van der Waals surface area (Å²) >= 11 is 24.8. The predicted octanol–water partition coefficient (Wildman–Crippen LogP) is 6.82. The van der Waals surface area contributed by atoms with Gasteiger partial charge in [-0.05, 0) is 66.5 Å². The molecule has 132 valence electrons. The molecule has 0 aromatic heterocycles. The lowest BCUT2D eigenvalue weighted by molar-refractivity contribution is 0.319. The Hall–Kier alpha value is -0.800. The number of phenolic OH excluding ortho intramolecular Hbond substituents is 2. The Balaban J connectivity index is 1.97. The number of hydrogen-bond donors (Lipinski definition) is 2. The largest absolute Gasteiger partial charge is 0.505 e. The van der Waals surface area contributed by atoms with Crippen molar-refractivity contribution < 1.29 is 10.2 Å². The van der Waals surface area contributed by atoms with Crippen LogP contribution in [0.3, 0.4) is 0 Å². The van der Waals surface area contributed by atoms with E-state index in [1.165, 1.54) is 6.42 Å². The van der Waals surface area contributed by atoms with Gasteiger partial charge in [-0.15, -0.1) is 0 Å². The van der Waals surface area contributed by atoms with Gasteiger partial charge in [-0.1, -0.05) is 52.8 Å². The highest BCUT2D eigenvalue weighted by atomic mass is 35.5. The van der Waals surface area contributed by atoms with Gasteiger partial charge >= 0.3 is 0 Å². The van der Waals surface area contributed by atoms with Crippen molar-refractivity contribution in [1.82, 2.24) is 0 Å². The van der Waals surface area contributed by atoms with E-state index in [9.17, 15) is 10.2 Å². The minimum absolute atomic E-state index is 0.104. The standard InChI is InChI=1S/C19H16Cl4O2/c20-13-4-11(5-14(21)17(13)24)19(8-9-1-2-10(19)3-9)12-6-15(22)18(25)16(23)7-12/h4-7,9-10,24-25H,1-3,8H2. The molecular formula is C19H16Cl4O2. The molecule has 25 heavy (non-hydrogen) atoms. The Bertz CT molecular complexity index is 761. The maximum absolute atomic E-state index is 9.95. The first-order valence-corrected chi connectivity index (χ1v) is 9.71. The Morgan fingerprint density at radius 2 is 1.20 bits per heavy atom. The maximum atomic E-state index is 9.95. The maximum Gasteiger partial charge on any atom is 0.152 e. The van der Waals surface area contributed by atoms with Crippen LogP contribution in [0.5, 0.6) is 11.5 Å². The molecule has 0 saturated heterocycles. The number of benzene rings is 2. The smallest absolute Gasteiger partial charge is 0.152 e. The summed E-state index contributed by atoms with van der Waals surface area (Å²) in [7, 11) is 0. The molecule has 2 aliphatic rings. The van der Waals surface area contributed by atoms with Crippen LogP contribution in [0.1, 0.15) is 36.8 Å². The van der Waals surface area contributed by atoms with Gasteiger partial charge in [0.15, 0.2) is 11.5 Å². The van der Waals surface area contributed by atoms with Gasteiger partial charge in [0.1, 0.15) is 0 Å². The van der Waals surface area contributed by atoms with Crippen LogP contribution >= 0.6 is 46.4 Å². The van der Waals surface area contributed by atoms with Gasteiger partial charge in [-0.25, -0.2) is 0 Å². The van der Waals surface area contributed by atoms with Crippen LogP contribution < -0.4 is 0 Å². The minimum Gasteiger partial charge on any atom is -0.505 e. The number of rotatable bonds is 2. The fourth-order valence-electron chi connectivity index (χ4n) is 4.85. The van der Waals surface area contributed by atoms with Crippen LogP contribution in [-0.2, 0) is 5.41 Å². The second-order valence-corrected chi connectivity index (χ2v) is 8.76. The Morgan fingerprint density at radius 3 is 1.52 bits per heavy atom. The third-order valence-corrected chi connectivity index (χ3v) is 7.07. The molecule has 2 unspecified atom stereocenters. The van der Waals surface area contributed by atoms with E-state index in [2.05, 4.69) is 0 Å². The molecule has 2 nitrogen and oxygen atoms in total. The lowest BCUT2D eigenvalue weighted by atomic mass is 9.64. The summed E-state index contributed by atoms with van der Waals surface area (Å²) in [6.45, 7) is 0. The molecule has 0 aliphatic heterocycles. The number of fused-ring (bicyclic) bond motifs is 2. The highest BCUT2D eigenvalue weighted by Gasteiger charge is 2.53. The molecule has 2 N–H and O–H groups in total. The van der Waals surface area contributed by atoms with Crippen LogP contribution in [0.2, 0.25) is 20.1 Å². The average molecular weight is 418 g/mol. The second-order valence-electron chi connectivity index (χ2n) is 7.13. The van der Waals surface area contributed by atoms with Crippen molar-refractivity contribution in [2.24, 2.45) is 11.8 Å². The summed E-state index contributed by atoms with van der Waals surface area (Å²) in [5.41, 5.74) is 1.61. The van der Waals surface area contributed by atoms with Crippen molar-refractivity contribution in [3.05, 3.63) is 55.5 Å². The average Bonchev–Trinajstić information content (AvgIpc) is 3.18. The monoisotopic (exact) mass is 416 g/mol. The fourth-order valence-corrected chi connectivity index (χ4v) is 5.82. The van der Waals surface area contributed by atoms with E-state index in [0.717, 1.165) is 30.4 Å². The summed E-state index contributed by atoms with van der Waals surface area (Å²) in [5, 5.41) is 20.8. The number of hydrogen-bond acceptors (Lipinski definition) is 2. The quantitative estimate of drug-likeness (QED) is 0.562. The van der Waals surface area contributed by atoms with E-state index in [0.29, 0.717) is 11.8 Å². The van der Waals surface area contributed by atoms with Crippen molar-refractivity contribution in [2.45, 2.75) is 31.1 Å². The molecule has 2 atom stereocenters. The van der Waals surface area contributed by atoms with Gasteiger partial charge < -0.3 is 10.2 Å². The molecule has 6 heteroatoms. The zero-order valence-electron chi connectivity index (χ0n) is 13.2. The van der Waals surface area contributed by atoms with Crippen molar-refractivity contribution in [3.63, 3.8) is 0 Å². The molecule has 2 aromatic carbocycles. The second kappa shape index (κ2) is 6.13. The van der Waals surface area contributed by atoms with E-state index in [1.54, 1.807) is 24.3 Å². The molecule has 0 amide bonds. The van der Waals surface area contributed by atoms with Crippen LogP contribution in [0.4, 0.5) is 0 Å². The predicted molar refractivity (Wildman–Crippen MR) is 102 cm³/mol. The lowest BCUT2D eigenvalue weighted by Crippen LogP contribution is -2.34. The molecule has 0 spiro atoms. The molecule has 0 radical (unpaired) electrons. The molecule has 2 bridgehead atoms. The van der Waals surface area contributed by atoms with Crippen molar-refractivity contribution >= 4 is 46.4 Å². The molecule has 0 heterocycles. The Kier molecular flexibility index (Phi) is 4.31. The van der Waals surface area contributed by atoms with Gasteiger partial charge in [-0.3, -0.25) is 0 Å². The zero-order chi connectivity index (χ0) is 17.9. The van der Waals surface area contributed by atoms with Gasteiger partial charge in [0, 0.05) is 5.41 Å². The molecule has 2 fully saturated rings. The first kappa shape index (κ1) is 17.6. The topological polar surface area (TPSA) is 40.5 Å². The third-order valence-electron chi connectivity index (χ3n) is 5.91. The van der Waals surface area contributed by atoms with Crippen molar-refractivity contribution in [1.29, 1.82) is 0 Å². The van der Waals surface area contributed by atoms with Crippen LogP contribution in [-0.4, -0.2) is 10.2 Å². The number of halogens is 4. The highest BCUT2D eigenvalue weighted by molar-refractivity contribution is 6.37. The summed E-state index contributed by atoms with van der Waals surface area (Å²) in [6.07, 6.45) is 4.40. The van der Waals surface area contributed by atoms with Crippen molar-refractivity contribution in [3.8, 4) is 11.5 Å². The molecule has 2 saturated carbocycles. The zero-order valence-corrected chi connectivity index (χ0v) is 16.2. The summed E-state index contributed by atoms with van der Waals surface area (Å²) in [4.78, 5) is 0. The van der Waals surface area contributed by atoms with E-state index < -0.39 is 0 Å². The van der Waals surface area contributed by atoms with Gasteiger partial charge in [0.2, 0.25) is 0 Å². The first-order valence-electron chi connectivity index (χ1n) is 8.20. The third kappa shape index (κ3) is 2.61. The van der Waals surface area contributed by atoms with E-state index in [1.807, 2.05) is 0 Å². The summed E-state index contributed by atoms with van der Waals surface area (Å²) < 4.78 is 0. The SMILES string of the molecule is Oc1c(Cl)cc(C2(c3cc(Cl)c(O)c(Cl)c3)CC3CCC2C3)cc1Cl. The van der Waals surface area contributed by atoms with Gasteiger partial charge in [0.05, 0.1) is 20.1 Å².